The molecule has 0 aliphatic heterocycles. The second kappa shape index (κ2) is 3.79. The van der Waals surface area contributed by atoms with Crippen molar-refractivity contribution in [1.82, 2.24) is 10.5 Å². The number of carbonyl (C=O) groups excluding carboxylic acids is 1. The third-order valence-electron chi connectivity index (χ3n) is 1.21. The number of aromatic nitrogens is 1. The van der Waals surface area contributed by atoms with E-state index in [9.17, 15) is 4.79 Å². The Hall–Kier alpha value is -0.720. The normalized spacial score (nSPS) is 9.50. The summed E-state index contributed by atoms with van der Waals surface area (Å²) in [6, 6.07) is 1.52. The van der Waals surface area contributed by atoms with Gasteiger partial charge in [-0.1, -0.05) is 12.2 Å². The van der Waals surface area contributed by atoms with Gasteiger partial charge < -0.3 is 4.98 Å². The minimum atomic E-state index is -0.627. The first-order valence-corrected chi connectivity index (χ1v) is 4.18. The predicted octanol–water partition coefficient (Wildman–Crippen LogP) is 1.63. The van der Waals surface area contributed by atoms with Gasteiger partial charge in [0.1, 0.15) is 4.64 Å². The fourth-order valence-corrected chi connectivity index (χ4v) is 1.24. The number of nitrogens with one attached hydrogen (secondary N) is 2. The first-order chi connectivity index (χ1) is 5.65. The fourth-order valence-electron chi connectivity index (χ4n) is 0.686. The van der Waals surface area contributed by atoms with Crippen LogP contribution in [0.25, 0.3) is 0 Å². The van der Waals surface area contributed by atoms with Gasteiger partial charge in [-0.05, 0) is 22.0 Å². The predicted molar refractivity (Wildman–Crippen MR) is 48.6 cm³/mol. The smallest absolute Gasteiger partial charge is 0.277 e. The van der Waals surface area contributed by atoms with E-state index in [2.05, 4.69) is 20.9 Å². The highest BCUT2D eigenvalue weighted by molar-refractivity contribution is 9.10. The zero-order valence-corrected chi connectivity index (χ0v) is 8.20. The van der Waals surface area contributed by atoms with E-state index in [4.69, 9.17) is 17.4 Å². The van der Waals surface area contributed by atoms with Crippen LogP contribution in [0.5, 0.6) is 0 Å². The number of halogens is 1. The topological polar surface area (TPSA) is 65.1 Å². The number of rotatable bonds is 1. The van der Waals surface area contributed by atoms with Crippen LogP contribution in [0.2, 0.25) is 0 Å². The van der Waals surface area contributed by atoms with Crippen LogP contribution in [-0.2, 0) is 0 Å². The van der Waals surface area contributed by atoms with Crippen molar-refractivity contribution in [3.8, 4) is 0 Å². The quantitative estimate of drug-likeness (QED) is 0.402. The van der Waals surface area contributed by atoms with Crippen LogP contribution in [0.3, 0.4) is 0 Å². The molecule has 1 aromatic rings. The maximum atomic E-state index is 10.9. The summed E-state index contributed by atoms with van der Waals surface area (Å²) < 4.78 is 0.972. The molecule has 3 N–H and O–H groups in total. The van der Waals surface area contributed by atoms with Crippen LogP contribution in [0.4, 0.5) is 0 Å². The monoisotopic (exact) mass is 248 g/mol. The summed E-state index contributed by atoms with van der Waals surface area (Å²) in [5, 5.41) is 8.33. The Morgan fingerprint density at radius 1 is 1.75 bits per heavy atom. The summed E-state index contributed by atoms with van der Waals surface area (Å²) in [4.78, 5) is 13.6. The average molecular weight is 249 g/mol. The lowest BCUT2D eigenvalue weighted by Crippen LogP contribution is -2.19. The molecule has 0 aromatic carbocycles. The molecular weight excluding hydrogens is 244 g/mol. The second-order valence-corrected chi connectivity index (χ2v) is 3.33. The van der Waals surface area contributed by atoms with Gasteiger partial charge in [0.15, 0.2) is 0 Å². The molecule has 4 nitrogen and oxygen atoms in total. The minimum absolute atomic E-state index is 0.224. The number of hydrogen-bond donors (Lipinski definition) is 3. The third kappa shape index (κ3) is 1.90. The van der Waals surface area contributed by atoms with Gasteiger partial charge in [-0.3, -0.25) is 10.0 Å². The van der Waals surface area contributed by atoms with Gasteiger partial charge in [0.2, 0.25) is 0 Å². The molecule has 0 aliphatic carbocycles. The molecule has 0 saturated heterocycles. The molecule has 1 rings (SSSR count). The van der Waals surface area contributed by atoms with Crippen LogP contribution in [0.1, 0.15) is 10.4 Å². The molecule has 0 aliphatic rings. The van der Waals surface area contributed by atoms with Crippen molar-refractivity contribution in [2.24, 2.45) is 0 Å². The van der Waals surface area contributed by atoms with E-state index in [1.165, 1.54) is 11.5 Å². The van der Waals surface area contributed by atoms with Crippen LogP contribution in [0, 0.1) is 4.64 Å². The number of pyridine rings is 1. The van der Waals surface area contributed by atoms with Crippen molar-refractivity contribution in [2.45, 2.75) is 0 Å². The van der Waals surface area contributed by atoms with Crippen LogP contribution < -0.4 is 5.48 Å². The molecule has 64 valence electrons. The summed E-state index contributed by atoms with van der Waals surface area (Å²) in [6.45, 7) is 0. The van der Waals surface area contributed by atoms with Crippen molar-refractivity contribution < 1.29 is 10.0 Å². The highest BCUT2D eigenvalue weighted by Crippen LogP contribution is 2.10. The van der Waals surface area contributed by atoms with E-state index in [1.807, 2.05) is 0 Å². The van der Waals surface area contributed by atoms with Crippen molar-refractivity contribution in [2.75, 3.05) is 0 Å². The first kappa shape index (κ1) is 9.37. The van der Waals surface area contributed by atoms with E-state index < -0.39 is 5.91 Å². The maximum Gasteiger partial charge on any atom is 0.277 e. The molecule has 1 heterocycles. The van der Waals surface area contributed by atoms with E-state index in [0.717, 1.165) is 0 Å². The molecule has 0 radical (unpaired) electrons. The van der Waals surface area contributed by atoms with Gasteiger partial charge >= 0.3 is 0 Å². The van der Waals surface area contributed by atoms with Gasteiger partial charge in [-0.25, -0.2) is 5.48 Å². The lowest BCUT2D eigenvalue weighted by molar-refractivity contribution is 0.0705. The van der Waals surface area contributed by atoms with Gasteiger partial charge in [0.05, 0.1) is 5.56 Å². The standard InChI is InChI=1S/C6H5BrN2O2S/c7-3-1-4(5(10)9-11)6(12)8-2-3/h1-2,11H,(H,8,12)(H,9,10). The molecule has 6 heteroatoms. The highest BCUT2D eigenvalue weighted by atomic mass is 79.9. The summed E-state index contributed by atoms with van der Waals surface area (Å²) in [6.07, 6.45) is 1.61. The highest BCUT2D eigenvalue weighted by Gasteiger charge is 2.06. The number of carbonyl (C=O) groups is 1. The van der Waals surface area contributed by atoms with Gasteiger partial charge in [0.25, 0.3) is 5.91 Å². The van der Waals surface area contributed by atoms with Crippen LogP contribution in [0.15, 0.2) is 16.7 Å². The number of hydroxylamine groups is 1. The lowest BCUT2D eigenvalue weighted by atomic mass is 10.3. The number of H-pyrrole nitrogens is 1. The van der Waals surface area contributed by atoms with Crippen LogP contribution >= 0.6 is 28.1 Å². The summed E-state index contributed by atoms with van der Waals surface area (Å²) in [5.41, 5.74) is 1.73. The van der Waals surface area contributed by atoms with E-state index in [0.29, 0.717) is 4.47 Å². The minimum Gasteiger partial charge on any atom is -0.351 e. The summed E-state index contributed by atoms with van der Waals surface area (Å²) in [5.74, 6) is -0.627. The summed E-state index contributed by atoms with van der Waals surface area (Å²) >= 11 is 7.96. The lowest BCUT2D eigenvalue weighted by Gasteiger charge is -1.98. The molecule has 0 atom stereocenters. The third-order valence-corrected chi connectivity index (χ3v) is 2.01. The fraction of sp³-hybridized carbons (Fsp3) is 0. The van der Waals surface area contributed by atoms with E-state index in [-0.39, 0.29) is 10.2 Å². The molecule has 0 spiro atoms. The Balaban J connectivity index is 3.23. The van der Waals surface area contributed by atoms with Gasteiger partial charge in [-0.2, -0.15) is 0 Å². The molecule has 0 saturated carbocycles. The van der Waals surface area contributed by atoms with Gasteiger partial charge in [-0.15, -0.1) is 0 Å². The molecule has 0 unspecified atom stereocenters. The van der Waals surface area contributed by atoms with E-state index >= 15 is 0 Å². The van der Waals surface area contributed by atoms with E-state index in [1.54, 1.807) is 6.20 Å². The van der Waals surface area contributed by atoms with Crippen molar-refractivity contribution in [3.05, 3.63) is 26.9 Å². The van der Waals surface area contributed by atoms with Crippen LogP contribution in [-0.4, -0.2) is 16.1 Å². The number of aromatic amines is 1. The Morgan fingerprint density at radius 2 is 2.42 bits per heavy atom. The first-order valence-electron chi connectivity index (χ1n) is 2.98. The van der Waals surface area contributed by atoms with Crippen molar-refractivity contribution in [1.29, 1.82) is 0 Å². The largest absolute Gasteiger partial charge is 0.351 e. The van der Waals surface area contributed by atoms with Crippen molar-refractivity contribution in [3.63, 3.8) is 0 Å². The molecule has 0 bridgehead atoms. The SMILES string of the molecule is O=C(NO)c1cc(Br)c[nH]c1=S. The average Bonchev–Trinajstić information content (AvgIpc) is 2.08. The summed E-state index contributed by atoms with van der Waals surface area (Å²) in [7, 11) is 0. The molecule has 0 fully saturated rings. The maximum absolute atomic E-state index is 10.9. The zero-order chi connectivity index (χ0) is 9.14. The Kier molecular flexibility index (Phi) is 2.96. The second-order valence-electron chi connectivity index (χ2n) is 2.00. The molecule has 12 heavy (non-hydrogen) atoms. The van der Waals surface area contributed by atoms with Gasteiger partial charge in [0, 0.05) is 10.7 Å². The zero-order valence-electron chi connectivity index (χ0n) is 5.80. The number of amides is 1. The Morgan fingerprint density at radius 3 is 3.00 bits per heavy atom. The molecule has 1 aromatic heterocycles. The van der Waals surface area contributed by atoms with Crippen molar-refractivity contribution >= 4 is 34.1 Å². The molecular formula is C6H5BrN2O2S. The Labute approximate surface area is 81.7 Å². The molecule has 1 amide bonds. The Bertz CT molecular complexity index is 363. The number of hydrogen-bond acceptors (Lipinski definition) is 3.